The molecule has 0 spiro atoms. The van der Waals surface area contributed by atoms with Crippen molar-refractivity contribution in [3.05, 3.63) is 0 Å². The van der Waals surface area contributed by atoms with Crippen LogP contribution < -0.4 is 5.73 Å². The van der Waals surface area contributed by atoms with Crippen LogP contribution in [0.1, 0.15) is 71.1 Å². The van der Waals surface area contributed by atoms with Crippen molar-refractivity contribution in [3.8, 4) is 0 Å². The van der Waals surface area contributed by atoms with E-state index in [0.717, 1.165) is 19.3 Å². The normalized spacial score (nSPS) is 25.8. The number of nitrogens with two attached hydrogens (primary N) is 1. The number of aliphatic hydroxyl groups excluding tert-OH is 1. The molecule has 41 heavy (non-hydrogen) atoms. The van der Waals surface area contributed by atoms with Gasteiger partial charge in [0.1, 0.15) is 0 Å². The molecule has 14 nitrogen and oxygen atoms in total. The van der Waals surface area contributed by atoms with Crippen LogP contribution in [0.2, 0.25) is 0 Å². The van der Waals surface area contributed by atoms with E-state index in [1.807, 2.05) is 6.92 Å². The maximum Gasteiger partial charge on any atom is 0.472 e. The van der Waals surface area contributed by atoms with Gasteiger partial charge in [0.2, 0.25) is 11.8 Å². The standard InChI is InChI=1S/C24H47N3O11P2S/c1-2-3-11-35-39(31,32)36-18-20-14-22(16-27(20)23(29)8-5-4-6-10-25)38-40(33,34)37-17-19-13-21(28)15-26(19)24(30)9-7-12-41/h19-22,28,41H,2-18,25H2,1H3,(H,31,32)(H,33,34)/t19?,20?,21-,22-/m1/s1. The van der Waals surface area contributed by atoms with Gasteiger partial charge in [-0.3, -0.25) is 27.7 Å². The molecule has 2 saturated heterocycles. The van der Waals surface area contributed by atoms with Gasteiger partial charge in [-0.25, -0.2) is 9.13 Å². The number of phosphoric ester groups is 2. The summed E-state index contributed by atoms with van der Waals surface area (Å²) in [7, 11) is -8.98. The number of hydrogen-bond donors (Lipinski definition) is 5. The first-order valence-electron chi connectivity index (χ1n) is 14.3. The number of hydrogen-bond acceptors (Lipinski definition) is 11. The monoisotopic (exact) mass is 647 g/mol. The van der Waals surface area contributed by atoms with Crippen molar-refractivity contribution in [1.82, 2.24) is 9.80 Å². The maximum absolute atomic E-state index is 13.0. The summed E-state index contributed by atoms with van der Waals surface area (Å²) in [5.41, 5.74) is 5.52. The Morgan fingerprint density at radius 1 is 0.878 bits per heavy atom. The quantitative estimate of drug-likeness (QED) is 0.0735. The van der Waals surface area contributed by atoms with Gasteiger partial charge in [-0.05, 0) is 50.8 Å². The molecule has 0 radical (unpaired) electrons. The molecular weight excluding hydrogens is 600 g/mol. The van der Waals surface area contributed by atoms with E-state index in [0.29, 0.717) is 31.6 Å². The number of rotatable bonds is 20. The molecule has 0 aromatic rings. The molecule has 4 unspecified atom stereocenters. The van der Waals surface area contributed by atoms with Gasteiger partial charge in [0.15, 0.2) is 0 Å². The van der Waals surface area contributed by atoms with Gasteiger partial charge >= 0.3 is 15.6 Å². The van der Waals surface area contributed by atoms with E-state index in [2.05, 4.69) is 12.6 Å². The third-order valence-corrected chi connectivity index (χ3v) is 9.29. The Bertz CT molecular complexity index is 918. The molecule has 240 valence electrons. The molecule has 6 atom stereocenters. The van der Waals surface area contributed by atoms with Crippen molar-refractivity contribution in [2.75, 3.05) is 45.2 Å². The Morgan fingerprint density at radius 2 is 1.49 bits per heavy atom. The molecule has 0 saturated carbocycles. The van der Waals surface area contributed by atoms with E-state index in [4.69, 9.17) is 23.8 Å². The molecule has 2 heterocycles. The first kappa shape index (κ1) is 36.6. The Morgan fingerprint density at radius 3 is 2.12 bits per heavy atom. The van der Waals surface area contributed by atoms with Gasteiger partial charge in [0.05, 0.1) is 44.1 Å². The van der Waals surface area contributed by atoms with Crippen molar-refractivity contribution in [2.45, 2.75) is 95.4 Å². The van der Waals surface area contributed by atoms with E-state index in [1.165, 1.54) is 9.80 Å². The van der Waals surface area contributed by atoms with E-state index >= 15 is 0 Å². The van der Waals surface area contributed by atoms with E-state index < -0.39 is 39.9 Å². The fourth-order valence-corrected chi connectivity index (χ4v) is 6.73. The molecule has 0 aromatic carbocycles. The Kier molecular flexibility index (Phi) is 16.3. The fraction of sp³-hybridized carbons (Fsp3) is 0.917. The molecule has 17 heteroatoms. The van der Waals surface area contributed by atoms with Crippen molar-refractivity contribution in [2.24, 2.45) is 5.73 Å². The van der Waals surface area contributed by atoms with Crippen molar-refractivity contribution < 1.29 is 51.7 Å². The Balaban J connectivity index is 1.99. The number of thiol groups is 1. The van der Waals surface area contributed by atoms with Crippen LogP contribution in [-0.4, -0.2) is 106 Å². The van der Waals surface area contributed by atoms with Gasteiger partial charge in [-0.1, -0.05) is 19.8 Å². The lowest BCUT2D eigenvalue weighted by molar-refractivity contribution is -0.133. The topological polar surface area (TPSA) is 198 Å². The van der Waals surface area contributed by atoms with E-state index in [-0.39, 0.29) is 70.4 Å². The van der Waals surface area contributed by atoms with Crippen molar-refractivity contribution in [3.63, 3.8) is 0 Å². The zero-order valence-corrected chi connectivity index (χ0v) is 26.4. The highest BCUT2D eigenvalue weighted by Crippen LogP contribution is 2.48. The molecule has 5 N–H and O–H groups in total. The minimum absolute atomic E-state index is 0.0411. The summed E-state index contributed by atoms with van der Waals surface area (Å²) in [4.78, 5) is 48.7. The second kappa shape index (κ2) is 18.3. The van der Waals surface area contributed by atoms with E-state index in [1.54, 1.807) is 0 Å². The molecule has 2 aliphatic rings. The highest BCUT2D eigenvalue weighted by Gasteiger charge is 2.42. The van der Waals surface area contributed by atoms with Crippen LogP contribution in [0.4, 0.5) is 0 Å². The zero-order chi connectivity index (χ0) is 30.5. The number of amides is 2. The van der Waals surface area contributed by atoms with Gasteiger partial charge in [0.25, 0.3) is 0 Å². The molecule has 0 aromatic heterocycles. The third kappa shape index (κ3) is 13.3. The summed E-state index contributed by atoms with van der Waals surface area (Å²) in [5, 5.41) is 10.0. The SMILES string of the molecule is CCCCOP(=O)(O)OCC1C[C@@H](OP(=O)(O)OCC2C[C@@H](O)CN2C(=O)CCCS)CN1C(=O)CCCCCN. The number of phosphoric acid groups is 2. The van der Waals surface area contributed by atoms with Crippen LogP contribution in [0, 0.1) is 0 Å². The summed E-state index contributed by atoms with van der Waals surface area (Å²) >= 11 is 4.11. The fourth-order valence-electron chi connectivity index (χ4n) is 4.82. The summed E-state index contributed by atoms with van der Waals surface area (Å²) in [6, 6.07) is -1.29. The molecule has 2 aliphatic heterocycles. The largest absolute Gasteiger partial charge is 0.472 e. The number of unbranched alkanes of at least 4 members (excludes halogenated alkanes) is 3. The van der Waals surface area contributed by atoms with Gasteiger partial charge in [-0.15, -0.1) is 0 Å². The highest BCUT2D eigenvalue weighted by molar-refractivity contribution is 7.80. The minimum atomic E-state index is -4.63. The lowest BCUT2D eigenvalue weighted by atomic mass is 10.1. The third-order valence-electron chi connectivity index (χ3n) is 6.95. The molecular formula is C24H47N3O11P2S. The van der Waals surface area contributed by atoms with Crippen LogP contribution >= 0.6 is 28.3 Å². The van der Waals surface area contributed by atoms with Crippen molar-refractivity contribution in [1.29, 1.82) is 0 Å². The lowest BCUT2D eigenvalue weighted by Crippen LogP contribution is -2.38. The van der Waals surface area contributed by atoms with Crippen LogP contribution in [-0.2, 0) is 36.8 Å². The number of aliphatic hydroxyl groups is 1. The summed E-state index contributed by atoms with van der Waals surface area (Å²) < 4.78 is 45.8. The molecule has 0 aliphatic carbocycles. The summed E-state index contributed by atoms with van der Waals surface area (Å²) in [6.45, 7) is 1.90. The van der Waals surface area contributed by atoms with E-state index in [9.17, 15) is 33.6 Å². The second-order valence-corrected chi connectivity index (χ2v) is 13.7. The average Bonchev–Trinajstić information content (AvgIpc) is 3.49. The number of carbonyl (C=O) groups is 2. The molecule has 2 rings (SSSR count). The first-order chi connectivity index (χ1) is 19.4. The molecule has 0 bridgehead atoms. The van der Waals surface area contributed by atoms with Gasteiger partial charge in [-0.2, -0.15) is 12.6 Å². The van der Waals surface area contributed by atoms with Crippen LogP contribution in [0.15, 0.2) is 0 Å². The Labute approximate surface area is 247 Å². The number of β-amino-alcohol motifs (C(OH)–C–C–N with tert-alkyl or cyclic N) is 1. The van der Waals surface area contributed by atoms with Crippen LogP contribution in [0.5, 0.6) is 0 Å². The molecule has 2 fully saturated rings. The van der Waals surface area contributed by atoms with Crippen LogP contribution in [0.3, 0.4) is 0 Å². The first-order valence-corrected chi connectivity index (χ1v) is 17.9. The number of carbonyl (C=O) groups excluding carboxylic acids is 2. The average molecular weight is 648 g/mol. The summed E-state index contributed by atoms with van der Waals surface area (Å²) in [5.74, 6) is 0.0909. The zero-order valence-electron chi connectivity index (χ0n) is 23.8. The minimum Gasteiger partial charge on any atom is -0.391 e. The van der Waals surface area contributed by atoms with Gasteiger partial charge in [0, 0.05) is 25.9 Å². The molecule has 2 amide bonds. The van der Waals surface area contributed by atoms with Gasteiger partial charge < -0.3 is 30.4 Å². The smallest absolute Gasteiger partial charge is 0.391 e. The summed E-state index contributed by atoms with van der Waals surface area (Å²) in [6.07, 6.45) is 3.08. The number of likely N-dealkylation sites (tertiary alicyclic amines) is 2. The Hall–Kier alpha value is -0.570. The predicted molar refractivity (Wildman–Crippen MR) is 154 cm³/mol. The lowest BCUT2D eigenvalue weighted by Gasteiger charge is -2.25. The predicted octanol–water partition coefficient (Wildman–Crippen LogP) is 2.21. The number of nitrogens with zero attached hydrogens (tertiary/aromatic N) is 2. The second-order valence-electron chi connectivity index (χ2n) is 10.4. The highest BCUT2D eigenvalue weighted by atomic mass is 32.1. The van der Waals surface area contributed by atoms with Crippen molar-refractivity contribution >= 4 is 40.1 Å². The maximum atomic E-state index is 13.0. The van der Waals surface area contributed by atoms with Crippen LogP contribution in [0.25, 0.3) is 0 Å².